The van der Waals surface area contributed by atoms with E-state index in [0.717, 1.165) is 0 Å². The highest BCUT2D eigenvalue weighted by Crippen LogP contribution is 1.90. The van der Waals surface area contributed by atoms with Gasteiger partial charge >= 0.3 is 0 Å². The van der Waals surface area contributed by atoms with Gasteiger partial charge in [-0.25, -0.2) is 0 Å². The van der Waals surface area contributed by atoms with E-state index in [4.69, 9.17) is 0 Å². The molecule has 7 nitrogen and oxygen atoms in total. The molecule has 0 saturated carbocycles. The summed E-state index contributed by atoms with van der Waals surface area (Å²) in [6.45, 7) is 6.07. The first-order chi connectivity index (χ1) is 5.95. The first-order valence-electron chi connectivity index (χ1n) is 3.30. The van der Waals surface area contributed by atoms with Crippen LogP contribution in [0.5, 0.6) is 0 Å². The predicted octanol–water partition coefficient (Wildman–Crippen LogP) is 0.157. The Labute approximate surface area is 74.0 Å². The average molecular weight is 187 g/mol. The van der Waals surface area contributed by atoms with Crippen LogP contribution in [-0.4, -0.2) is 22.9 Å². The van der Waals surface area contributed by atoms with E-state index in [0.29, 0.717) is 0 Å². The van der Waals surface area contributed by atoms with E-state index in [2.05, 4.69) is 18.5 Å². The molecule has 0 aromatic rings. The lowest BCUT2D eigenvalue weighted by Gasteiger charge is -1.98. The fourth-order valence-electron chi connectivity index (χ4n) is 0.480. The van der Waals surface area contributed by atoms with Gasteiger partial charge in [-0.1, -0.05) is 0 Å². The van der Waals surface area contributed by atoms with Gasteiger partial charge in [0.1, 0.15) is 0 Å². The monoisotopic (exact) mass is 187 g/mol. The summed E-state index contributed by atoms with van der Waals surface area (Å²) in [7, 11) is 0. The second kappa shape index (κ2) is 4.99. The van der Waals surface area contributed by atoms with Gasteiger partial charge in [-0.05, 0) is 13.2 Å². The molecule has 0 aliphatic carbocycles. The standard InChI is InChI=1S/C6H9N3O4/c1-5(8(10)11)3-7-4-6(2)9(12)13/h7H,1-4H2. The maximum atomic E-state index is 10.0. The van der Waals surface area contributed by atoms with Crippen molar-refractivity contribution in [3.05, 3.63) is 44.8 Å². The molecule has 0 aliphatic heterocycles. The smallest absolute Gasteiger partial charge is 0.252 e. The first kappa shape index (κ1) is 11.2. The van der Waals surface area contributed by atoms with Gasteiger partial charge in [0.05, 0.1) is 22.9 Å². The Morgan fingerprint density at radius 2 is 1.38 bits per heavy atom. The van der Waals surface area contributed by atoms with Crippen LogP contribution in [0.25, 0.3) is 0 Å². The molecule has 0 saturated heterocycles. The van der Waals surface area contributed by atoms with Crippen molar-refractivity contribution in [1.82, 2.24) is 5.32 Å². The molecular weight excluding hydrogens is 178 g/mol. The SMILES string of the molecule is C=C(CNCC(=C)[N+](=O)[O-])[N+](=O)[O-]. The Kier molecular flexibility index (Phi) is 4.31. The molecule has 0 aromatic heterocycles. The van der Waals surface area contributed by atoms with Crippen molar-refractivity contribution in [3.8, 4) is 0 Å². The van der Waals surface area contributed by atoms with E-state index < -0.39 is 9.85 Å². The molecule has 0 fully saturated rings. The van der Waals surface area contributed by atoms with E-state index in [1.807, 2.05) is 0 Å². The number of rotatable bonds is 6. The van der Waals surface area contributed by atoms with Crippen LogP contribution in [0, 0.1) is 20.2 Å². The molecule has 0 aromatic carbocycles. The van der Waals surface area contributed by atoms with Gasteiger partial charge in [0.2, 0.25) is 0 Å². The van der Waals surface area contributed by atoms with Crippen LogP contribution in [0.4, 0.5) is 0 Å². The van der Waals surface area contributed by atoms with Crippen molar-refractivity contribution in [2.24, 2.45) is 0 Å². The number of nitrogens with one attached hydrogen (secondary N) is 1. The third-order valence-electron chi connectivity index (χ3n) is 1.17. The lowest BCUT2D eigenvalue weighted by molar-refractivity contribution is -0.428. The summed E-state index contributed by atoms with van der Waals surface area (Å²) in [5.74, 6) is 0. The predicted molar refractivity (Wildman–Crippen MR) is 45.1 cm³/mol. The fraction of sp³-hybridized carbons (Fsp3) is 0.333. The Balaban J connectivity index is 3.69. The lowest BCUT2D eigenvalue weighted by Crippen LogP contribution is -2.24. The van der Waals surface area contributed by atoms with Gasteiger partial charge in [-0.3, -0.25) is 25.5 Å². The van der Waals surface area contributed by atoms with Crippen LogP contribution in [0.2, 0.25) is 0 Å². The van der Waals surface area contributed by atoms with E-state index in [1.165, 1.54) is 0 Å². The third-order valence-corrected chi connectivity index (χ3v) is 1.17. The molecule has 72 valence electrons. The Morgan fingerprint density at radius 3 is 1.62 bits per heavy atom. The summed E-state index contributed by atoms with van der Waals surface area (Å²) in [6.07, 6.45) is 0. The van der Waals surface area contributed by atoms with Crippen molar-refractivity contribution in [3.63, 3.8) is 0 Å². The zero-order valence-corrected chi connectivity index (χ0v) is 6.86. The van der Waals surface area contributed by atoms with Crippen molar-refractivity contribution in [1.29, 1.82) is 0 Å². The quantitative estimate of drug-likeness (QED) is 0.471. The number of hydrogen-bond acceptors (Lipinski definition) is 5. The fourth-order valence-corrected chi connectivity index (χ4v) is 0.480. The van der Waals surface area contributed by atoms with Crippen LogP contribution >= 0.6 is 0 Å². The summed E-state index contributed by atoms with van der Waals surface area (Å²) >= 11 is 0. The molecule has 0 amide bonds. The van der Waals surface area contributed by atoms with Crippen LogP contribution in [-0.2, 0) is 0 Å². The molecule has 7 heteroatoms. The molecule has 0 unspecified atom stereocenters. The van der Waals surface area contributed by atoms with Gasteiger partial charge in [-0.2, -0.15) is 0 Å². The van der Waals surface area contributed by atoms with Crippen LogP contribution in [0.15, 0.2) is 24.6 Å². The highest BCUT2D eigenvalue weighted by Gasteiger charge is 2.09. The lowest BCUT2D eigenvalue weighted by atomic mass is 10.4. The number of nitro groups is 2. The molecule has 13 heavy (non-hydrogen) atoms. The Hall–Kier alpha value is -1.76. The minimum Gasteiger partial charge on any atom is -0.298 e. The molecule has 0 rings (SSSR count). The van der Waals surface area contributed by atoms with Crippen LogP contribution in [0.1, 0.15) is 0 Å². The van der Waals surface area contributed by atoms with Gasteiger partial charge in [0, 0.05) is 0 Å². The van der Waals surface area contributed by atoms with Gasteiger partial charge in [-0.15, -0.1) is 0 Å². The van der Waals surface area contributed by atoms with Crippen molar-refractivity contribution in [2.45, 2.75) is 0 Å². The van der Waals surface area contributed by atoms with Gasteiger partial charge in [0.15, 0.2) is 0 Å². The topological polar surface area (TPSA) is 98.3 Å². The van der Waals surface area contributed by atoms with E-state index in [9.17, 15) is 20.2 Å². The second-order valence-electron chi connectivity index (χ2n) is 2.25. The number of nitrogens with zero attached hydrogens (tertiary/aromatic N) is 2. The van der Waals surface area contributed by atoms with E-state index in [-0.39, 0.29) is 24.5 Å². The maximum Gasteiger partial charge on any atom is 0.252 e. The average Bonchev–Trinajstić information content (AvgIpc) is 2.03. The molecule has 0 atom stereocenters. The van der Waals surface area contributed by atoms with Crippen LogP contribution in [0.3, 0.4) is 0 Å². The minimum atomic E-state index is -0.651. The summed E-state index contributed by atoms with van der Waals surface area (Å²) in [6, 6.07) is 0. The molecule has 0 bridgehead atoms. The molecule has 0 aliphatic rings. The summed E-state index contributed by atoms with van der Waals surface area (Å²) < 4.78 is 0. The first-order valence-corrected chi connectivity index (χ1v) is 3.30. The van der Waals surface area contributed by atoms with Gasteiger partial charge < -0.3 is 0 Å². The zero-order chi connectivity index (χ0) is 10.4. The number of hydrogen-bond donors (Lipinski definition) is 1. The highest BCUT2D eigenvalue weighted by molar-refractivity contribution is 4.88. The summed E-state index contributed by atoms with van der Waals surface area (Å²) in [4.78, 5) is 18.7. The summed E-state index contributed by atoms with van der Waals surface area (Å²) in [5, 5.41) is 22.5. The van der Waals surface area contributed by atoms with E-state index >= 15 is 0 Å². The largest absolute Gasteiger partial charge is 0.298 e. The minimum absolute atomic E-state index is 0.0974. The van der Waals surface area contributed by atoms with Crippen LogP contribution < -0.4 is 5.32 Å². The van der Waals surface area contributed by atoms with E-state index in [1.54, 1.807) is 0 Å². The zero-order valence-electron chi connectivity index (χ0n) is 6.86. The summed E-state index contributed by atoms with van der Waals surface area (Å²) in [5.41, 5.74) is -0.479. The van der Waals surface area contributed by atoms with Gasteiger partial charge in [0.25, 0.3) is 11.4 Å². The van der Waals surface area contributed by atoms with Crippen molar-refractivity contribution in [2.75, 3.05) is 13.1 Å². The Morgan fingerprint density at radius 1 is 1.08 bits per heavy atom. The molecule has 1 N–H and O–H groups in total. The normalized spacial score (nSPS) is 9.23. The maximum absolute atomic E-state index is 10.0. The molecule has 0 spiro atoms. The Bertz CT molecular complexity index is 235. The molecule has 0 heterocycles. The molecular formula is C6H9N3O4. The molecule has 0 radical (unpaired) electrons. The highest BCUT2D eigenvalue weighted by atomic mass is 16.6. The van der Waals surface area contributed by atoms with Crippen molar-refractivity contribution < 1.29 is 9.85 Å². The third kappa shape index (κ3) is 4.64. The van der Waals surface area contributed by atoms with Crippen molar-refractivity contribution >= 4 is 0 Å². The second-order valence-corrected chi connectivity index (χ2v) is 2.25.